The van der Waals surface area contributed by atoms with Gasteiger partial charge in [0.2, 0.25) is 5.91 Å². The summed E-state index contributed by atoms with van der Waals surface area (Å²) >= 11 is 0. The third-order valence-corrected chi connectivity index (χ3v) is 4.14. The molecule has 3 nitrogen and oxygen atoms in total. The standard InChI is InChI=1S/C14H28N2O/c1-3-11(2)13(15)14(17)16-10-9-12-7-5-4-6-8-12/h11-13H,3-10,15H2,1-2H3,(H,16,17)/t11?,13-/m0/s1. The highest BCUT2D eigenvalue weighted by Crippen LogP contribution is 2.25. The van der Waals surface area contributed by atoms with Crippen LogP contribution in [0.2, 0.25) is 0 Å². The van der Waals surface area contributed by atoms with Crippen molar-refractivity contribution >= 4 is 5.91 Å². The van der Waals surface area contributed by atoms with Gasteiger partial charge in [0, 0.05) is 6.54 Å². The Bertz CT molecular complexity index is 224. The second kappa shape index (κ2) is 7.70. The van der Waals surface area contributed by atoms with Crippen LogP contribution in [-0.2, 0) is 4.79 Å². The molecular formula is C14H28N2O. The van der Waals surface area contributed by atoms with Gasteiger partial charge in [-0.05, 0) is 18.3 Å². The van der Waals surface area contributed by atoms with Gasteiger partial charge in [-0.15, -0.1) is 0 Å². The molecule has 3 N–H and O–H groups in total. The van der Waals surface area contributed by atoms with E-state index in [1.807, 2.05) is 6.92 Å². The average molecular weight is 240 g/mol. The first kappa shape index (κ1) is 14.5. The largest absolute Gasteiger partial charge is 0.355 e. The number of nitrogens with one attached hydrogen (secondary N) is 1. The fourth-order valence-corrected chi connectivity index (χ4v) is 2.51. The van der Waals surface area contributed by atoms with Crippen molar-refractivity contribution < 1.29 is 4.79 Å². The van der Waals surface area contributed by atoms with Gasteiger partial charge in [0.05, 0.1) is 6.04 Å². The second-order valence-electron chi connectivity index (χ2n) is 5.50. The lowest BCUT2D eigenvalue weighted by Gasteiger charge is -2.22. The normalized spacial score (nSPS) is 20.9. The first-order chi connectivity index (χ1) is 8.15. The van der Waals surface area contributed by atoms with E-state index in [0.717, 1.165) is 25.3 Å². The van der Waals surface area contributed by atoms with E-state index in [-0.39, 0.29) is 17.9 Å². The topological polar surface area (TPSA) is 55.1 Å². The van der Waals surface area contributed by atoms with Crippen LogP contribution in [0.25, 0.3) is 0 Å². The molecule has 0 aromatic carbocycles. The quantitative estimate of drug-likeness (QED) is 0.749. The summed E-state index contributed by atoms with van der Waals surface area (Å²) < 4.78 is 0. The molecule has 1 aliphatic rings. The molecule has 0 aliphatic heterocycles. The van der Waals surface area contributed by atoms with Gasteiger partial charge in [-0.2, -0.15) is 0 Å². The molecule has 3 heteroatoms. The minimum absolute atomic E-state index is 0.0233. The van der Waals surface area contributed by atoms with Crippen LogP contribution in [0.3, 0.4) is 0 Å². The van der Waals surface area contributed by atoms with Gasteiger partial charge < -0.3 is 11.1 Å². The van der Waals surface area contributed by atoms with Crippen molar-refractivity contribution in [3.05, 3.63) is 0 Å². The van der Waals surface area contributed by atoms with E-state index in [9.17, 15) is 4.79 Å². The zero-order valence-corrected chi connectivity index (χ0v) is 11.4. The van der Waals surface area contributed by atoms with Gasteiger partial charge in [-0.25, -0.2) is 0 Å². The number of hydrogen-bond donors (Lipinski definition) is 2. The number of carbonyl (C=O) groups excluding carboxylic acids is 1. The first-order valence-corrected chi connectivity index (χ1v) is 7.18. The molecule has 1 amide bonds. The molecule has 1 saturated carbocycles. The maximum Gasteiger partial charge on any atom is 0.237 e. The highest BCUT2D eigenvalue weighted by molar-refractivity contribution is 5.81. The summed E-state index contributed by atoms with van der Waals surface area (Å²) in [6.45, 7) is 4.90. The Kier molecular flexibility index (Phi) is 6.56. The van der Waals surface area contributed by atoms with E-state index in [4.69, 9.17) is 5.73 Å². The van der Waals surface area contributed by atoms with Crippen LogP contribution in [0.4, 0.5) is 0 Å². The molecule has 1 fully saturated rings. The van der Waals surface area contributed by atoms with Crippen molar-refractivity contribution in [3.63, 3.8) is 0 Å². The van der Waals surface area contributed by atoms with Gasteiger partial charge in [-0.1, -0.05) is 52.4 Å². The van der Waals surface area contributed by atoms with E-state index in [2.05, 4.69) is 12.2 Å². The molecular weight excluding hydrogens is 212 g/mol. The zero-order valence-electron chi connectivity index (χ0n) is 11.4. The Labute approximate surface area is 106 Å². The number of rotatable bonds is 6. The van der Waals surface area contributed by atoms with Crippen LogP contribution < -0.4 is 11.1 Å². The molecule has 2 atom stereocenters. The average Bonchev–Trinajstić information content (AvgIpc) is 2.38. The molecule has 0 radical (unpaired) electrons. The van der Waals surface area contributed by atoms with Crippen molar-refractivity contribution in [2.45, 2.75) is 64.8 Å². The number of hydrogen-bond acceptors (Lipinski definition) is 2. The van der Waals surface area contributed by atoms with Crippen LogP contribution in [-0.4, -0.2) is 18.5 Å². The molecule has 0 saturated heterocycles. The summed E-state index contributed by atoms with van der Waals surface area (Å²) in [4.78, 5) is 11.7. The van der Waals surface area contributed by atoms with Gasteiger partial charge >= 0.3 is 0 Å². The zero-order chi connectivity index (χ0) is 12.7. The van der Waals surface area contributed by atoms with Crippen molar-refractivity contribution in [1.29, 1.82) is 0 Å². The molecule has 1 rings (SSSR count). The summed E-state index contributed by atoms with van der Waals surface area (Å²) in [7, 11) is 0. The lowest BCUT2D eigenvalue weighted by molar-refractivity contribution is -0.123. The Morgan fingerprint density at radius 2 is 2.00 bits per heavy atom. The minimum Gasteiger partial charge on any atom is -0.355 e. The lowest BCUT2D eigenvalue weighted by atomic mass is 9.87. The van der Waals surface area contributed by atoms with Gasteiger partial charge in [0.1, 0.15) is 0 Å². The SMILES string of the molecule is CCC(C)[C@H](N)C(=O)NCCC1CCCCC1. The van der Waals surface area contributed by atoms with Crippen molar-refractivity contribution in [2.24, 2.45) is 17.6 Å². The first-order valence-electron chi connectivity index (χ1n) is 7.18. The Hall–Kier alpha value is -0.570. The maximum atomic E-state index is 11.7. The van der Waals surface area contributed by atoms with E-state index >= 15 is 0 Å². The van der Waals surface area contributed by atoms with Gasteiger partial charge in [-0.3, -0.25) is 4.79 Å². The highest BCUT2D eigenvalue weighted by Gasteiger charge is 2.19. The Balaban J connectivity index is 2.14. The van der Waals surface area contributed by atoms with E-state index in [1.165, 1.54) is 32.1 Å². The second-order valence-corrected chi connectivity index (χ2v) is 5.50. The molecule has 1 unspecified atom stereocenters. The maximum absolute atomic E-state index is 11.7. The van der Waals surface area contributed by atoms with Gasteiger partial charge in [0.25, 0.3) is 0 Å². The molecule has 0 heterocycles. The number of carbonyl (C=O) groups is 1. The van der Waals surface area contributed by atoms with Crippen LogP contribution >= 0.6 is 0 Å². The molecule has 100 valence electrons. The smallest absolute Gasteiger partial charge is 0.237 e. The number of nitrogens with two attached hydrogens (primary N) is 1. The van der Waals surface area contributed by atoms with Crippen LogP contribution in [0.15, 0.2) is 0 Å². The number of amides is 1. The van der Waals surface area contributed by atoms with Crippen LogP contribution in [0.1, 0.15) is 58.8 Å². The minimum atomic E-state index is -0.341. The third kappa shape index (κ3) is 5.07. The summed E-state index contributed by atoms with van der Waals surface area (Å²) in [5.74, 6) is 1.11. The molecule has 0 bridgehead atoms. The van der Waals surface area contributed by atoms with Gasteiger partial charge in [0.15, 0.2) is 0 Å². The molecule has 17 heavy (non-hydrogen) atoms. The predicted molar refractivity (Wildman–Crippen MR) is 71.6 cm³/mol. The fraction of sp³-hybridized carbons (Fsp3) is 0.929. The Morgan fingerprint density at radius 3 is 2.59 bits per heavy atom. The molecule has 0 aromatic heterocycles. The van der Waals surface area contributed by atoms with Crippen molar-refractivity contribution in [1.82, 2.24) is 5.32 Å². The molecule has 0 aromatic rings. The summed E-state index contributed by atoms with van der Waals surface area (Å²) in [6.07, 6.45) is 8.88. The Morgan fingerprint density at radius 1 is 1.35 bits per heavy atom. The van der Waals surface area contributed by atoms with Crippen LogP contribution in [0, 0.1) is 11.8 Å². The van der Waals surface area contributed by atoms with E-state index < -0.39 is 0 Å². The van der Waals surface area contributed by atoms with E-state index in [1.54, 1.807) is 0 Å². The van der Waals surface area contributed by atoms with Crippen molar-refractivity contribution in [2.75, 3.05) is 6.54 Å². The third-order valence-electron chi connectivity index (χ3n) is 4.14. The highest BCUT2D eigenvalue weighted by atomic mass is 16.2. The summed E-state index contributed by atoms with van der Waals surface area (Å²) in [5.41, 5.74) is 5.88. The van der Waals surface area contributed by atoms with Crippen molar-refractivity contribution in [3.8, 4) is 0 Å². The summed E-state index contributed by atoms with van der Waals surface area (Å²) in [6, 6.07) is -0.341. The fourth-order valence-electron chi connectivity index (χ4n) is 2.51. The lowest BCUT2D eigenvalue weighted by Crippen LogP contribution is -2.45. The van der Waals surface area contributed by atoms with E-state index in [0.29, 0.717) is 0 Å². The van der Waals surface area contributed by atoms with Crippen LogP contribution in [0.5, 0.6) is 0 Å². The predicted octanol–water partition coefficient (Wildman–Crippen LogP) is 2.45. The summed E-state index contributed by atoms with van der Waals surface area (Å²) in [5, 5.41) is 2.98. The monoisotopic (exact) mass is 240 g/mol. The molecule has 0 spiro atoms. The molecule has 1 aliphatic carbocycles.